The summed E-state index contributed by atoms with van der Waals surface area (Å²) in [7, 11) is 1.86. The van der Waals surface area contributed by atoms with Gasteiger partial charge >= 0.3 is 0 Å². The zero-order chi connectivity index (χ0) is 45.5. The van der Waals surface area contributed by atoms with Crippen LogP contribution in [0.2, 0.25) is 0 Å². The maximum Gasteiger partial charge on any atom is 0.255 e. The van der Waals surface area contributed by atoms with Gasteiger partial charge in [-0.1, -0.05) is 36.6 Å². The van der Waals surface area contributed by atoms with E-state index in [0.29, 0.717) is 71.8 Å². The molecule has 65 heavy (non-hydrogen) atoms. The molecule has 1 unspecified atom stereocenters. The summed E-state index contributed by atoms with van der Waals surface area (Å²) in [6.45, 7) is 1.99. The van der Waals surface area contributed by atoms with Gasteiger partial charge in [-0.15, -0.1) is 16.6 Å². The molecule has 0 bridgehead atoms. The number of ether oxygens (including phenoxy) is 3. The smallest absolute Gasteiger partial charge is 0.255 e. The van der Waals surface area contributed by atoms with Crippen molar-refractivity contribution in [3.8, 4) is 29.6 Å². The Morgan fingerprint density at radius 2 is 1.75 bits per heavy atom. The lowest BCUT2D eigenvalue weighted by Gasteiger charge is -2.29. The Hall–Kier alpha value is -7.49. The second-order valence-corrected chi connectivity index (χ2v) is 15.4. The number of unbranched alkanes of at least 4 members (excludes halogenated alkanes) is 3. The third-order valence-corrected chi connectivity index (χ3v) is 10.9. The average molecular weight is 883 g/mol. The molecule has 4 N–H and O–H groups in total. The predicted molar refractivity (Wildman–Crippen MR) is 238 cm³/mol. The zero-order valence-electron chi connectivity index (χ0n) is 36.0. The minimum absolute atomic E-state index is 0.155. The third-order valence-electron chi connectivity index (χ3n) is 10.9. The monoisotopic (exact) mass is 882 g/mol. The van der Waals surface area contributed by atoms with Gasteiger partial charge in [0.25, 0.3) is 11.8 Å². The highest BCUT2D eigenvalue weighted by atomic mass is 16.5. The molecule has 0 radical (unpaired) electrons. The Morgan fingerprint density at radius 3 is 2.57 bits per heavy atom. The number of benzene rings is 3. The van der Waals surface area contributed by atoms with Crippen molar-refractivity contribution < 1.29 is 38.2 Å². The third kappa shape index (κ3) is 12.0. The average Bonchev–Trinajstić information content (AvgIpc) is 3.86. The minimum Gasteiger partial charge on any atom is -0.494 e. The fraction of sp³-hybridized carbons (Fsp3) is 0.340. The number of terminal acetylenes is 1. The number of nitrogens with one attached hydrogen (secondary N) is 4. The van der Waals surface area contributed by atoms with E-state index in [4.69, 9.17) is 20.6 Å². The van der Waals surface area contributed by atoms with Crippen LogP contribution in [-0.2, 0) is 44.0 Å². The standard InChI is InChI=1S/C47H50N10O8/c1-3-37(52-45(60)32-12-8-13-33(25-32)49-27-41-54-55-44(56(41)2)39-19-20-48-30-50-39)31-11-9-14-34(26-31)65-22-7-5-4-6-21-63-23-24-64-29-43(59)51-38-16-10-15-35-36(38)28-57(47(35)62)40-17-18-42(58)53-46(40)61/h1,8-16,19-20,25-26,30,37,40,49H,4-7,17-18,21-24,27-29H2,2H3,(H,51,59)(H,52,60)(H,53,58,61)/t37-,40?/m0/s1. The van der Waals surface area contributed by atoms with E-state index in [1.54, 1.807) is 48.7 Å². The van der Waals surface area contributed by atoms with Crippen LogP contribution in [0, 0.1) is 12.3 Å². The number of rotatable bonds is 22. The van der Waals surface area contributed by atoms with Crippen molar-refractivity contribution in [2.24, 2.45) is 7.05 Å². The lowest BCUT2D eigenvalue weighted by Crippen LogP contribution is -2.52. The summed E-state index contributed by atoms with van der Waals surface area (Å²) >= 11 is 0. The molecule has 3 aromatic carbocycles. The molecule has 2 atom stereocenters. The van der Waals surface area contributed by atoms with Crippen molar-refractivity contribution in [2.75, 3.05) is 43.7 Å². The van der Waals surface area contributed by atoms with Gasteiger partial charge in [0.05, 0.1) is 26.4 Å². The van der Waals surface area contributed by atoms with Crippen molar-refractivity contribution in [2.45, 2.75) is 63.7 Å². The summed E-state index contributed by atoms with van der Waals surface area (Å²) in [6.07, 6.45) is 13.0. The van der Waals surface area contributed by atoms with Gasteiger partial charge in [0.2, 0.25) is 17.7 Å². The molecule has 4 heterocycles. The number of amides is 5. The molecular formula is C47H50N10O8. The minimum atomic E-state index is -0.737. The van der Waals surface area contributed by atoms with Crippen LogP contribution in [0.4, 0.5) is 11.4 Å². The molecule has 336 valence electrons. The molecule has 5 aromatic rings. The van der Waals surface area contributed by atoms with Crippen LogP contribution in [0.1, 0.15) is 82.2 Å². The van der Waals surface area contributed by atoms with Gasteiger partial charge in [-0.25, -0.2) is 9.97 Å². The highest BCUT2D eigenvalue weighted by molar-refractivity contribution is 6.07. The van der Waals surface area contributed by atoms with E-state index in [-0.39, 0.29) is 56.2 Å². The zero-order valence-corrected chi connectivity index (χ0v) is 36.0. The first kappa shape index (κ1) is 45.5. The van der Waals surface area contributed by atoms with Gasteiger partial charge in [-0.3, -0.25) is 29.3 Å². The number of piperidine rings is 1. The molecule has 1 saturated heterocycles. The van der Waals surface area contributed by atoms with Gasteiger partial charge in [-0.2, -0.15) is 0 Å². The van der Waals surface area contributed by atoms with Gasteiger partial charge in [0, 0.05) is 60.9 Å². The molecule has 0 spiro atoms. The Bertz CT molecular complexity index is 2540. The fourth-order valence-electron chi connectivity index (χ4n) is 7.46. The number of hydrogen-bond donors (Lipinski definition) is 4. The molecule has 0 aliphatic carbocycles. The molecule has 18 heteroatoms. The molecule has 2 aromatic heterocycles. The molecule has 2 aliphatic heterocycles. The Balaban J connectivity index is 0.744. The summed E-state index contributed by atoms with van der Waals surface area (Å²) in [5.74, 6) is 2.80. The first-order valence-electron chi connectivity index (χ1n) is 21.4. The Labute approximate surface area is 375 Å². The fourth-order valence-corrected chi connectivity index (χ4v) is 7.46. The molecule has 1 fully saturated rings. The number of nitrogens with zero attached hydrogens (tertiary/aromatic N) is 6. The summed E-state index contributed by atoms with van der Waals surface area (Å²) in [4.78, 5) is 72.6. The second-order valence-electron chi connectivity index (χ2n) is 15.4. The van der Waals surface area contributed by atoms with Crippen LogP contribution >= 0.6 is 0 Å². The largest absolute Gasteiger partial charge is 0.494 e. The molecule has 2 aliphatic rings. The van der Waals surface area contributed by atoms with Crippen LogP contribution < -0.4 is 26.0 Å². The number of imide groups is 1. The van der Waals surface area contributed by atoms with Crippen LogP contribution in [0.25, 0.3) is 11.5 Å². The number of fused-ring (bicyclic) bond motifs is 1. The molecule has 5 amide bonds. The number of anilines is 2. The first-order chi connectivity index (χ1) is 31.7. The molecule has 18 nitrogen and oxygen atoms in total. The quantitative estimate of drug-likeness (QED) is 0.0432. The molecule has 0 saturated carbocycles. The highest BCUT2D eigenvalue weighted by Crippen LogP contribution is 2.32. The van der Waals surface area contributed by atoms with E-state index >= 15 is 0 Å². The Morgan fingerprint density at radius 1 is 0.938 bits per heavy atom. The van der Waals surface area contributed by atoms with E-state index in [0.717, 1.165) is 36.9 Å². The summed E-state index contributed by atoms with van der Waals surface area (Å²) in [5.41, 5.74) is 4.08. The van der Waals surface area contributed by atoms with Crippen molar-refractivity contribution >= 4 is 40.9 Å². The number of carbonyl (C=O) groups is 5. The second kappa shape index (κ2) is 22.2. The van der Waals surface area contributed by atoms with Gasteiger partial charge < -0.3 is 39.6 Å². The van der Waals surface area contributed by atoms with E-state index in [1.807, 2.05) is 41.9 Å². The summed E-state index contributed by atoms with van der Waals surface area (Å²) in [5, 5.41) is 19.9. The van der Waals surface area contributed by atoms with Gasteiger partial charge in [0.1, 0.15) is 36.5 Å². The van der Waals surface area contributed by atoms with Gasteiger partial charge in [-0.05, 0) is 79.8 Å². The topological polar surface area (TPSA) is 221 Å². The SMILES string of the molecule is C#C[C@H](NC(=O)c1cccc(NCc2nnc(-c3ccncn3)n2C)c1)c1cccc(OCCCCCCOCCOCC(=O)Nc2cccc3c2CN(C2CCC(=O)NC2=O)C3=O)c1. The van der Waals surface area contributed by atoms with E-state index in [9.17, 15) is 24.0 Å². The van der Waals surface area contributed by atoms with Crippen LogP contribution in [-0.4, -0.2) is 98.2 Å². The van der Waals surface area contributed by atoms with Crippen LogP contribution in [0.5, 0.6) is 5.75 Å². The maximum absolute atomic E-state index is 13.3. The summed E-state index contributed by atoms with van der Waals surface area (Å²) in [6, 6.07) is 19.9. The van der Waals surface area contributed by atoms with E-state index < -0.39 is 18.0 Å². The van der Waals surface area contributed by atoms with Crippen molar-refractivity contribution in [3.63, 3.8) is 0 Å². The normalized spacial score (nSPS) is 14.9. The molecule has 7 rings (SSSR count). The van der Waals surface area contributed by atoms with Crippen molar-refractivity contribution in [3.05, 3.63) is 113 Å². The lowest BCUT2D eigenvalue weighted by atomic mass is 10.0. The lowest BCUT2D eigenvalue weighted by molar-refractivity contribution is -0.137. The molecular weight excluding hydrogens is 833 g/mol. The maximum atomic E-state index is 13.3. The van der Waals surface area contributed by atoms with E-state index in [2.05, 4.69) is 47.4 Å². The first-order valence-corrected chi connectivity index (χ1v) is 21.4. The highest BCUT2D eigenvalue weighted by Gasteiger charge is 2.40. The van der Waals surface area contributed by atoms with Crippen LogP contribution in [0.15, 0.2) is 85.3 Å². The van der Waals surface area contributed by atoms with E-state index in [1.165, 1.54) is 11.2 Å². The number of hydrogen-bond acceptors (Lipinski definition) is 13. The van der Waals surface area contributed by atoms with Crippen molar-refractivity contribution in [1.29, 1.82) is 0 Å². The number of carbonyl (C=O) groups excluding carboxylic acids is 5. The Kier molecular flexibility index (Phi) is 15.6. The summed E-state index contributed by atoms with van der Waals surface area (Å²) < 4.78 is 19.0. The number of aromatic nitrogens is 5. The van der Waals surface area contributed by atoms with Gasteiger partial charge in [0.15, 0.2) is 11.6 Å². The van der Waals surface area contributed by atoms with Crippen LogP contribution in [0.3, 0.4) is 0 Å². The van der Waals surface area contributed by atoms with Crippen molar-refractivity contribution in [1.82, 2.24) is 40.3 Å². The predicted octanol–water partition coefficient (Wildman–Crippen LogP) is 4.36.